The number of likely N-dealkylation sites (tertiary alicyclic amines) is 1. The predicted molar refractivity (Wildman–Crippen MR) is 158 cm³/mol. The number of rotatable bonds is 5. The monoisotopic (exact) mass is 643 g/mol. The number of amides is 1. The summed E-state index contributed by atoms with van der Waals surface area (Å²) in [7, 11) is 1.66. The first kappa shape index (κ1) is 29.2. The predicted octanol–water partition coefficient (Wildman–Crippen LogP) is 6.59. The zero-order chi connectivity index (χ0) is 31.9. The minimum absolute atomic E-state index is 0.0235. The molecule has 16 heteroatoms. The van der Waals surface area contributed by atoms with Crippen LogP contribution in [0.2, 0.25) is 5.02 Å². The van der Waals surface area contributed by atoms with Gasteiger partial charge in [0.05, 0.1) is 18.4 Å². The molecule has 1 saturated carbocycles. The summed E-state index contributed by atoms with van der Waals surface area (Å²) in [6.07, 6.45) is 0.680. The fourth-order valence-electron chi connectivity index (χ4n) is 6.05. The van der Waals surface area contributed by atoms with Gasteiger partial charge in [-0.15, -0.1) is 0 Å². The van der Waals surface area contributed by atoms with Crippen molar-refractivity contribution in [3.05, 3.63) is 53.6 Å². The maximum atomic E-state index is 14.1. The largest absolute Gasteiger partial charge is 0.450 e. The van der Waals surface area contributed by atoms with Crippen molar-refractivity contribution in [1.82, 2.24) is 38.8 Å². The van der Waals surface area contributed by atoms with Gasteiger partial charge in [-0.2, -0.15) is 28.4 Å². The maximum Gasteiger partial charge on any atom is 0.433 e. The summed E-state index contributed by atoms with van der Waals surface area (Å²) in [4.78, 5) is 22.7. The number of nitrogens with one attached hydrogen (secondary N) is 1. The molecular weight excluding hydrogens is 615 g/mol. The van der Waals surface area contributed by atoms with Crippen LogP contribution < -0.4 is 10.1 Å². The third-order valence-electron chi connectivity index (χ3n) is 8.07. The summed E-state index contributed by atoms with van der Waals surface area (Å²) in [6, 6.07) is 6.04. The quantitative estimate of drug-likeness (QED) is 0.228. The molecule has 12 nitrogen and oxygen atoms in total. The number of hydrogen-bond acceptors (Lipinski definition) is 8. The number of aryl methyl sites for hydroxylation is 1. The molecule has 1 amide bonds. The Morgan fingerprint density at radius 3 is 2.60 bits per heavy atom. The van der Waals surface area contributed by atoms with E-state index >= 15 is 0 Å². The summed E-state index contributed by atoms with van der Waals surface area (Å²) in [5.41, 5.74) is -0.293. The van der Waals surface area contributed by atoms with Crippen LogP contribution >= 0.6 is 11.6 Å². The topological polar surface area (TPSA) is 117 Å². The van der Waals surface area contributed by atoms with Crippen LogP contribution in [0.25, 0.3) is 16.7 Å². The van der Waals surface area contributed by atoms with E-state index in [9.17, 15) is 18.0 Å². The van der Waals surface area contributed by atoms with Crippen LogP contribution in [0, 0.1) is 5.41 Å². The standard InChI is InChI=1S/C29H29ClF3N9O3/c1-27(2,3)45-26(43)40-14-28(15-40)10-16(11-28)42-20(29(31,32)33)9-21(38-42)36-25-37-24-23(39(25)4)22(30)19(12-34-24)44-18-13-35-41-8-6-5-7-17(18)41/h5-9,12-13,16H,10-11,14-15H2,1-4H3,(H,34,36,37,38). The molecule has 236 valence electrons. The van der Waals surface area contributed by atoms with Crippen molar-refractivity contribution in [3.8, 4) is 11.5 Å². The number of anilines is 2. The molecule has 1 saturated heterocycles. The van der Waals surface area contributed by atoms with Gasteiger partial charge < -0.3 is 24.3 Å². The Hall–Kier alpha value is -4.53. The van der Waals surface area contributed by atoms with Gasteiger partial charge in [0.15, 0.2) is 23.0 Å². The van der Waals surface area contributed by atoms with E-state index in [1.54, 1.807) is 54.2 Å². The number of alkyl halides is 3. The smallest absolute Gasteiger partial charge is 0.433 e. The highest BCUT2D eigenvalue weighted by Gasteiger charge is 2.56. The van der Waals surface area contributed by atoms with Crippen molar-refractivity contribution in [2.45, 2.75) is 51.4 Å². The number of pyridine rings is 2. The SMILES string of the molecule is Cn1c(Nc2cc(C(F)(F)F)n(C3CC4(C3)CN(C(=O)OC(C)(C)C)C4)n2)nc2ncc(Oc3cnn4ccccc34)c(Cl)c21. The number of nitrogens with zero attached hydrogens (tertiary/aromatic N) is 8. The van der Waals surface area contributed by atoms with E-state index in [0.29, 0.717) is 37.2 Å². The molecule has 1 N–H and O–H groups in total. The molecule has 1 aliphatic carbocycles. The third kappa shape index (κ3) is 5.18. The van der Waals surface area contributed by atoms with Crippen molar-refractivity contribution >= 4 is 46.1 Å². The van der Waals surface area contributed by atoms with Gasteiger partial charge in [0.25, 0.3) is 0 Å². The van der Waals surface area contributed by atoms with E-state index in [-0.39, 0.29) is 33.6 Å². The van der Waals surface area contributed by atoms with Crippen LogP contribution in [0.4, 0.5) is 29.7 Å². The molecule has 7 rings (SSSR count). The lowest BCUT2D eigenvalue weighted by Gasteiger charge is -2.58. The summed E-state index contributed by atoms with van der Waals surface area (Å²) in [5, 5.41) is 11.7. The Labute approximate surface area is 259 Å². The molecule has 0 bridgehead atoms. The van der Waals surface area contributed by atoms with Gasteiger partial charge in [0, 0.05) is 37.8 Å². The molecule has 0 radical (unpaired) electrons. The second-order valence-corrected chi connectivity index (χ2v) is 13.0. The van der Waals surface area contributed by atoms with Crippen LogP contribution in [-0.4, -0.2) is 63.6 Å². The van der Waals surface area contributed by atoms with Crippen molar-refractivity contribution in [3.63, 3.8) is 0 Å². The number of ether oxygens (including phenoxy) is 2. The molecule has 5 aromatic heterocycles. The van der Waals surface area contributed by atoms with Crippen LogP contribution in [0.15, 0.2) is 42.9 Å². The van der Waals surface area contributed by atoms with E-state index in [2.05, 4.69) is 25.5 Å². The van der Waals surface area contributed by atoms with Crippen LogP contribution in [0.3, 0.4) is 0 Å². The molecule has 2 aliphatic rings. The fraction of sp³-hybridized carbons (Fsp3) is 0.414. The fourth-order valence-corrected chi connectivity index (χ4v) is 6.35. The van der Waals surface area contributed by atoms with Gasteiger partial charge in [-0.25, -0.2) is 14.3 Å². The van der Waals surface area contributed by atoms with Gasteiger partial charge in [0.2, 0.25) is 5.95 Å². The van der Waals surface area contributed by atoms with Crippen LogP contribution in [0.5, 0.6) is 11.5 Å². The number of halogens is 4. The van der Waals surface area contributed by atoms with E-state index in [1.807, 2.05) is 18.2 Å². The average molecular weight is 644 g/mol. The zero-order valence-corrected chi connectivity index (χ0v) is 25.5. The zero-order valence-electron chi connectivity index (χ0n) is 24.8. The van der Waals surface area contributed by atoms with Gasteiger partial charge in [-0.3, -0.25) is 4.68 Å². The average Bonchev–Trinajstić information content (AvgIpc) is 3.60. The lowest BCUT2D eigenvalue weighted by atomic mass is 9.61. The summed E-state index contributed by atoms with van der Waals surface area (Å²) < 4.78 is 58.0. The minimum Gasteiger partial charge on any atom is -0.450 e. The molecule has 0 unspecified atom stereocenters. The minimum atomic E-state index is -4.63. The molecule has 1 spiro atoms. The Morgan fingerprint density at radius 1 is 1.13 bits per heavy atom. The highest BCUT2D eigenvalue weighted by molar-refractivity contribution is 6.36. The Kier molecular flexibility index (Phi) is 6.48. The lowest BCUT2D eigenvalue weighted by molar-refractivity contribution is -0.150. The van der Waals surface area contributed by atoms with Crippen molar-refractivity contribution < 1.29 is 27.4 Å². The Bertz CT molecular complexity index is 1950. The molecule has 6 heterocycles. The summed E-state index contributed by atoms with van der Waals surface area (Å²) >= 11 is 6.71. The van der Waals surface area contributed by atoms with Crippen LogP contribution in [0.1, 0.15) is 45.3 Å². The van der Waals surface area contributed by atoms with Gasteiger partial charge >= 0.3 is 12.3 Å². The molecule has 1 aliphatic heterocycles. The third-order valence-corrected chi connectivity index (χ3v) is 8.43. The highest BCUT2D eigenvalue weighted by Crippen LogP contribution is 2.55. The number of fused-ring (bicyclic) bond motifs is 2. The van der Waals surface area contributed by atoms with E-state index in [4.69, 9.17) is 21.1 Å². The molecule has 5 aromatic rings. The first-order valence-electron chi connectivity index (χ1n) is 14.2. The maximum absolute atomic E-state index is 14.1. The molecule has 45 heavy (non-hydrogen) atoms. The van der Waals surface area contributed by atoms with E-state index < -0.39 is 29.6 Å². The van der Waals surface area contributed by atoms with E-state index in [0.717, 1.165) is 16.3 Å². The lowest BCUT2D eigenvalue weighted by Crippen LogP contribution is -2.64. The number of aromatic nitrogens is 7. The first-order chi connectivity index (χ1) is 21.2. The number of imidazole rings is 1. The molecule has 0 atom stereocenters. The molecule has 0 aromatic carbocycles. The number of hydrogen-bond donors (Lipinski definition) is 1. The van der Waals surface area contributed by atoms with Gasteiger partial charge in [0.1, 0.15) is 27.4 Å². The second-order valence-electron chi connectivity index (χ2n) is 12.6. The van der Waals surface area contributed by atoms with E-state index in [1.165, 1.54) is 6.20 Å². The van der Waals surface area contributed by atoms with Crippen LogP contribution in [-0.2, 0) is 18.0 Å². The van der Waals surface area contributed by atoms with Crippen molar-refractivity contribution in [2.24, 2.45) is 12.5 Å². The van der Waals surface area contributed by atoms with Crippen molar-refractivity contribution in [1.29, 1.82) is 0 Å². The number of carbonyl (C=O) groups excluding carboxylic acids is 1. The molecular formula is C29H29ClF3N9O3. The number of carbonyl (C=O) groups is 1. The summed E-state index contributed by atoms with van der Waals surface area (Å²) in [6.45, 7) is 6.26. The molecule has 2 fully saturated rings. The first-order valence-corrected chi connectivity index (χ1v) is 14.6. The second kappa shape index (κ2) is 9.99. The van der Waals surface area contributed by atoms with Crippen molar-refractivity contribution in [2.75, 3.05) is 18.4 Å². The van der Waals surface area contributed by atoms with Gasteiger partial charge in [-0.1, -0.05) is 17.7 Å². The van der Waals surface area contributed by atoms with Gasteiger partial charge in [-0.05, 0) is 45.7 Å². The highest BCUT2D eigenvalue weighted by atomic mass is 35.5. The normalized spacial score (nSPS) is 16.7. The Morgan fingerprint density at radius 2 is 1.89 bits per heavy atom. The summed E-state index contributed by atoms with van der Waals surface area (Å²) in [5.74, 6) is 0.912. The Balaban J connectivity index is 1.10.